The third kappa shape index (κ3) is 3.48. The summed E-state index contributed by atoms with van der Waals surface area (Å²) in [5.41, 5.74) is 8.35. The van der Waals surface area contributed by atoms with E-state index in [1.165, 1.54) is 21.3 Å². The molecule has 0 spiro atoms. The highest BCUT2D eigenvalue weighted by Gasteiger charge is 2.15. The molecule has 0 saturated heterocycles. The quantitative estimate of drug-likeness (QED) is 0.829. The monoisotopic (exact) mass is 316 g/mol. The Kier molecular flexibility index (Phi) is 4.95. The summed E-state index contributed by atoms with van der Waals surface area (Å²) in [7, 11) is 4.56. The fourth-order valence-electron chi connectivity index (χ4n) is 2.14. The van der Waals surface area contributed by atoms with E-state index in [-0.39, 0.29) is 5.91 Å². The average Bonchev–Trinajstić information content (AvgIpc) is 2.56. The molecule has 23 heavy (non-hydrogen) atoms. The fraction of sp³-hybridized carbons (Fsp3) is 0.235. The van der Waals surface area contributed by atoms with E-state index in [2.05, 4.69) is 5.32 Å². The minimum absolute atomic E-state index is 0.272. The molecule has 6 nitrogen and oxygen atoms in total. The third-order valence-electron chi connectivity index (χ3n) is 3.46. The molecule has 0 atom stereocenters. The molecule has 2 rings (SSSR count). The van der Waals surface area contributed by atoms with E-state index in [1.54, 1.807) is 30.3 Å². The van der Waals surface area contributed by atoms with Crippen LogP contribution < -0.4 is 25.3 Å². The second-order valence-corrected chi connectivity index (χ2v) is 4.94. The molecule has 0 aliphatic carbocycles. The molecule has 0 heterocycles. The number of rotatable bonds is 5. The summed E-state index contributed by atoms with van der Waals surface area (Å²) >= 11 is 0. The second kappa shape index (κ2) is 6.91. The highest BCUT2D eigenvalue weighted by Crippen LogP contribution is 2.40. The van der Waals surface area contributed by atoms with Crippen LogP contribution in [0, 0.1) is 6.92 Å². The van der Waals surface area contributed by atoms with E-state index in [1.807, 2.05) is 6.92 Å². The lowest BCUT2D eigenvalue weighted by atomic mass is 10.1. The van der Waals surface area contributed by atoms with E-state index in [0.717, 1.165) is 5.56 Å². The lowest BCUT2D eigenvalue weighted by Gasteiger charge is -2.14. The number of hydrogen-bond donors (Lipinski definition) is 2. The molecule has 0 aliphatic rings. The molecule has 0 aliphatic heterocycles. The number of nitrogens with one attached hydrogen (secondary N) is 1. The lowest BCUT2D eigenvalue weighted by molar-refractivity contribution is 0.102. The Balaban J connectivity index is 2.31. The summed E-state index contributed by atoms with van der Waals surface area (Å²) in [4.78, 5) is 12.4. The molecule has 3 N–H and O–H groups in total. The van der Waals surface area contributed by atoms with Crippen molar-refractivity contribution in [2.24, 2.45) is 0 Å². The topological polar surface area (TPSA) is 82.8 Å². The molecule has 1 amide bonds. The van der Waals surface area contributed by atoms with E-state index in [9.17, 15) is 4.79 Å². The smallest absolute Gasteiger partial charge is 0.255 e. The van der Waals surface area contributed by atoms with Gasteiger partial charge in [0.1, 0.15) is 0 Å². The number of nitrogen functional groups attached to an aromatic ring is 1. The van der Waals surface area contributed by atoms with Gasteiger partial charge in [0.25, 0.3) is 5.91 Å². The molecule has 0 bridgehead atoms. The summed E-state index contributed by atoms with van der Waals surface area (Å²) in [6.07, 6.45) is 0. The number of methoxy groups -OCH3 is 3. The zero-order valence-electron chi connectivity index (χ0n) is 13.6. The number of nitrogens with two attached hydrogens (primary N) is 1. The van der Waals surface area contributed by atoms with Crippen LogP contribution in [0.2, 0.25) is 0 Å². The van der Waals surface area contributed by atoms with E-state index in [0.29, 0.717) is 34.2 Å². The number of anilines is 2. The molecular weight excluding hydrogens is 296 g/mol. The lowest BCUT2D eigenvalue weighted by Crippen LogP contribution is -2.12. The van der Waals surface area contributed by atoms with Crippen LogP contribution in [0.25, 0.3) is 0 Å². The Labute approximate surface area is 135 Å². The van der Waals surface area contributed by atoms with Crippen molar-refractivity contribution in [1.82, 2.24) is 0 Å². The highest BCUT2D eigenvalue weighted by atomic mass is 16.5. The third-order valence-corrected chi connectivity index (χ3v) is 3.46. The number of carbonyl (C=O) groups is 1. The van der Waals surface area contributed by atoms with Crippen LogP contribution in [0.5, 0.6) is 17.2 Å². The summed E-state index contributed by atoms with van der Waals surface area (Å²) in [6, 6.07) is 8.49. The first kappa shape index (κ1) is 16.5. The average molecular weight is 316 g/mol. The molecule has 2 aromatic carbocycles. The van der Waals surface area contributed by atoms with Crippen molar-refractivity contribution in [2.45, 2.75) is 6.92 Å². The van der Waals surface area contributed by atoms with Gasteiger partial charge in [-0.3, -0.25) is 4.79 Å². The molecule has 0 fully saturated rings. The van der Waals surface area contributed by atoms with Crippen molar-refractivity contribution in [3.05, 3.63) is 41.5 Å². The maximum atomic E-state index is 12.4. The molecular formula is C17H20N2O4. The van der Waals surface area contributed by atoms with Gasteiger partial charge >= 0.3 is 0 Å². The normalized spacial score (nSPS) is 10.1. The minimum atomic E-state index is -0.272. The zero-order valence-corrected chi connectivity index (χ0v) is 13.6. The molecule has 0 unspecified atom stereocenters. The summed E-state index contributed by atoms with van der Waals surface area (Å²) < 4.78 is 15.8. The van der Waals surface area contributed by atoms with Gasteiger partial charge in [-0.05, 0) is 24.6 Å². The van der Waals surface area contributed by atoms with Gasteiger partial charge in [-0.25, -0.2) is 0 Å². The van der Waals surface area contributed by atoms with Crippen molar-refractivity contribution in [2.75, 3.05) is 32.4 Å². The van der Waals surface area contributed by atoms with Crippen molar-refractivity contribution in [3.8, 4) is 17.2 Å². The Hall–Kier alpha value is -2.89. The number of aryl methyl sites for hydroxylation is 1. The van der Waals surface area contributed by atoms with Crippen molar-refractivity contribution in [1.29, 1.82) is 0 Å². The maximum absolute atomic E-state index is 12.4. The van der Waals surface area contributed by atoms with Crippen LogP contribution >= 0.6 is 0 Å². The van der Waals surface area contributed by atoms with Crippen molar-refractivity contribution in [3.63, 3.8) is 0 Å². The van der Waals surface area contributed by atoms with Gasteiger partial charge < -0.3 is 25.3 Å². The van der Waals surface area contributed by atoms with Gasteiger partial charge in [-0.15, -0.1) is 0 Å². The molecule has 0 radical (unpaired) electrons. The van der Waals surface area contributed by atoms with E-state index in [4.69, 9.17) is 19.9 Å². The summed E-state index contributed by atoms with van der Waals surface area (Å²) in [5, 5.41) is 2.80. The van der Waals surface area contributed by atoms with Crippen LogP contribution in [0.1, 0.15) is 15.9 Å². The minimum Gasteiger partial charge on any atom is -0.493 e. The molecule has 0 aromatic heterocycles. The Bertz CT molecular complexity index is 704. The molecule has 122 valence electrons. The SMILES string of the molecule is COc1cc(NC(=O)c2ccc(C)c(N)c2)cc(OC)c1OC. The first-order chi connectivity index (χ1) is 11.0. The first-order valence-corrected chi connectivity index (χ1v) is 6.97. The van der Waals surface area contributed by atoms with Gasteiger partial charge in [-0.2, -0.15) is 0 Å². The maximum Gasteiger partial charge on any atom is 0.255 e. The first-order valence-electron chi connectivity index (χ1n) is 6.97. The Morgan fingerprint density at radius 3 is 2.09 bits per heavy atom. The van der Waals surface area contributed by atoms with Crippen LogP contribution in [-0.2, 0) is 0 Å². The van der Waals surface area contributed by atoms with Gasteiger partial charge in [0.2, 0.25) is 5.75 Å². The van der Waals surface area contributed by atoms with Crippen molar-refractivity contribution >= 4 is 17.3 Å². The standard InChI is InChI=1S/C17H20N2O4/c1-10-5-6-11(7-13(10)18)17(20)19-12-8-14(21-2)16(23-4)15(9-12)22-3/h5-9H,18H2,1-4H3,(H,19,20). The van der Waals surface area contributed by atoms with Gasteiger partial charge in [-0.1, -0.05) is 6.07 Å². The number of ether oxygens (including phenoxy) is 3. The van der Waals surface area contributed by atoms with Crippen LogP contribution in [0.4, 0.5) is 11.4 Å². The van der Waals surface area contributed by atoms with Gasteiger partial charge in [0.15, 0.2) is 11.5 Å². The number of carbonyl (C=O) groups excluding carboxylic acids is 1. The highest BCUT2D eigenvalue weighted by molar-refractivity contribution is 6.05. The number of hydrogen-bond acceptors (Lipinski definition) is 5. The predicted molar refractivity (Wildman–Crippen MR) is 89.6 cm³/mol. The van der Waals surface area contributed by atoms with Crippen molar-refractivity contribution < 1.29 is 19.0 Å². The van der Waals surface area contributed by atoms with Gasteiger partial charge in [0, 0.05) is 29.1 Å². The molecule has 0 saturated carbocycles. The number of benzene rings is 2. The molecule has 2 aromatic rings. The zero-order chi connectivity index (χ0) is 17.0. The Morgan fingerprint density at radius 1 is 1.00 bits per heavy atom. The second-order valence-electron chi connectivity index (χ2n) is 4.94. The predicted octanol–water partition coefficient (Wildman–Crippen LogP) is 2.86. The van der Waals surface area contributed by atoms with Crippen LogP contribution in [0.3, 0.4) is 0 Å². The number of amides is 1. The fourth-order valence-corrected chi connectivity index (χ4v) is 2.14. The van der Waals surface area contributed by atoms with Crippen LogP contribution in [-0.4, -0.2) is 27.2 Å². The molecule has 6 heteroatoms. The largest absolute Gasteiger partial charge is 0.493 e. The summed E-state index contributed by atoms with van der Waals surface area (Å²) in [6.45, 7) is 1.89. The van der Waals surface area contributed by atoms with Gasteiger partial charge in [0.05, 0.1) is 21.3 Å². The van der Waals surface area contributed by atoms with Crippen LogP contribution in [0.15, 0.2) is 30.3 Å². The van der Waals surface area contributed by atoms with E-state index < -0.39 is 0 Å². The Morgan fingerprint density at radius 2 is 1.61 bits per heavy atom. The van der Waals surface area contributed by atoms with E-state index >= 15 is 0 Å². The summed E-state index contributed by atoms with van der Waals surface area (Å²) in [5.74, 6) is 1.12.